The van der Waals surface area contributed by atoms with Crippen molar-refractivity contribution in [2.24, 2.45) is 0 Å². The van der Waals surface area contributed by atoms with E-state index in [1.165, 1.54) is 11.1 Å². The van der Waals surface area contributed by atoms with Gasteiger partial charge in [0.2, 0.25) is 0 Å². The Morgan fingerprint density at radius 3 is 2.78 bits per heavy atom. The lowest BCUT2D eigenvalue weighted by Crippen LogP contribution is -2.14. The van der Waals surface area contributed by atoms with Crippen molar-refractivity contribution >= 4 is 22.7 Å². The average Bonchev–Trinajstić information content (AvgIpc) is 3.34. The van der Waals surface area contributed by atoms with E-state index in [0.29, 0.717) is 6.61 Å². The Morgan fingerprint density at radius 2 is 1.97 bits per heavy atom. The van der Waals surface area contributed by atoms with Crippen molar-refractivity contribution in [2.75, 3.05) is 18.5 Å². The summed E-state index contributed by atoms with van der Waals surface area (Å²) in [5, 5.41) is 14.1. The minimum Gasteiger partial charge on any atom is -0.493 e. The number of rotatable bonds is 11. The van der Waals surface area contributed by atoms with Gasteiger partial charge in [-0.15, -0.1) is 0 Å². The molecule has 0 fully saturated rings. The van der Waals surface area contributed by atoms with Gasteiger partial charge in [-0.1, -0.05) is 43.7 Å². The summed E-state index contributed by atoms with van der Waals surface area (Å²) in [4.78, 5) is 16.5. The number of pyridine rings is 1. The van der Waals surface area contributed by atoms with Gasteiger partial charge in [0.15, 0.2) is 0 Å². The molecule has 0 saturated heterocycles. The summed E-state index contributed by atoms with van der Waals surface area (Å²) >= 11 is 0. The zero-order valence-corrected chi connectivity index (χ0v) is 21.5. The van der Waals surface area contributed by atoms with Crippen molar-refractivity contribution < 1.29 is 14.6 Å². The third kappa shape index (κ3) is 5.96. The number of unbranched alkanes of at least 4 members (excludes halogenated alkanes) is 1. The first kappa shape index (κ1) is 24.9. The number of carboxylic acid groups (broad SMARTS) is 1. The molecule has 2 aromatic carbocycles. The van der Waals surface area contributed by atoms with E-state index in [0.717, 1.165) is 78.8 Å². The van der Waals surface area contributed by atoms with Crippen LogP contribution in [0.1, 0.15) is 61.0 Å². The number of nitrogens with one attached hydrogen (secondary N) is 1. The highest BCUT2D eigenvalue weighted by atomic mass is 16.5. The number of fused-ring (bicyclic) bond motifs is 2. The Labute approximate surface area is 218 Å². The van der Waals surface area contributed by atoms with Crippen LogP contribution in [0, 0.1) is 0 Å². The van der Waals surface area contributed by atoms with Gasteiger partial charge in [-0.3, -0.25) is 4.79 Å². The van der Waals surface area contributed by atoms with E-state index >= 15 is 0 Å². The molecule has 192 valence electrons. The maximum absolute atomic E-state index is 11.7. The number of aliphatic carboxylic acids is 1. The number of nitrogens with zero attached hydrogens (tertiary/aromatic N) is 2. The van der Waals surface area contributed by atoms with Crippen LogP contribution in [-0.2, 0) is 24.1 Å². The Morgan fingerprint density at radius 1 is 1.11 bits per heavy atom. The summed E-state index contributed by atoms with van der Waals surface area (Å²) < 4.78 is 8.13. The molecule has 0 radical (unpaired) electrons. The van der Waals surface area contributed by atoms with Gasteiger partial charge in [-0.25, -0.2) is 4.98 Å². The van der Waals surface area contributed by atoms with Gasteiger partial charge in [-0.2, -0.15) is 0 Å². The van der Waals surface area contributed by atoms with E-state index in [2.05, 4.69) is 53.2 Å². The Kier molecular flexibility index (Phi) is 7.73. The van der Waals surface area contributed by atoms with E-state index < -0.39 is 5.97 Å². The second-order valence-electron chi connectivity index (χ2n) is 9.84. The summed E-state index contributed by atoms with van der Waals surface area (Å²) in [5.41, 5.74) is 5.61. The monoisotopic (exact) mass is 497 g/mol. The first-order valence-electron chi connectivity index (χ1n) is 13.4. The van der Waals surface area contributed by atoms with Crippen LogP contribution in [-0.4, -0.2) is 33.8 Å². The SMILES string of the molecule is CCCCc1ccc(C(CC(=O)O)n2ccc3cc(OCCc4ccc5c(n4)NCCC5)ccc32)cc1. The minimum absolute atomic E-state index is 0.0268. The highest BCUT2D eigenvalue weighted by Gasteiger charge is 2.19. The number of ether oxygens (including phenoxy) is 1. The molecule has 1 aliphatic heterocycles. The second kappa shape index (κ2) is 11.5. The Hall–Kier alpha value is -3.80. The quantitative estimate of drug-likeness (QED) is 0.250. The molecule has 0 amide bonds. The summed E-state index contributed by atoms with van der Waals surface area (Å²) in [6.45, 7) is 3.72. The van der Waals surface area contributed by atoms with E-state index in [1.54, 1.807) is 0 Å². The molecule has 0 aliphatic carbocycles. The number of anilines is 1. The standard InChI is InChI=1S/C31H35N3O3/c1-2-3-5-22-7-9-23(10-8-22)29(21-30(35)36)34-18-15-25-20-27(13-14-28(25)34)37-19-16-26-12-11-24-6-4-17-32-31(24)33-26/h7-15,18,20,29H,2-6,16-17,19,21H2,1H3,(H,32,33)(H,35,36). The normalized spacial score (nSPS) is 13.6. The van der Waals surface area contributed by atoms with Gasteiger partial charge >= 0.3 is 5.97 Å². The Balaban J connectivity index is 1.29. The molecule has 2 aromatic heterocycles. The van der Waals surface area contributed by atoms with Crippen molar-refractivity contribution in [1.82, 2.24) is 9.55 Å². The van der Waals surface area contributed by atoms with Crippen LogP contribution in [0.25, 0.3) is 10.9 Å². The molecule has 4 aromatic rings. The van der Waals surface area contributed by atoms with Crippen molar-refractivity contribution in [1.29, 1.82) is 0 Å². The summed E-state index contributed by atoms with van der Waals surface area (Å²) in [6.07, 6.45) is 8.36. The highest BCUT2D eigenvalue weighted by Crippen LogP contribution is 2.30. The molecule has 0 bridgehead atoms. The number of benzene rings is 2. The predicted molar refractivity (Wildman–Crippen MR) is 148 cm³/mol. The highest BCUT2D eigenvalue weighted by molar-refractivity contribution is 5.82. The third-order valence-electron chi connectivity index (χ3n) is 7.16. The molecule has 0 spiro atoms. The molecule has 1 unspecified atom stereocenters. The van der Waals surface area contributed by atoms with Crippen molar-refractivity contribution in [2.45, 2.75) is 57.9 Å². The molecule has 1 aliphatic rings. The smallest absolute Gasteiger partial charge is 0.305 e. The molecule has 2 N–H and O–H groups in total. The lowest BCUT2D eigenvalue weighted by Gasteiger charge is -2.20. The maximum Gasteiger partial charge on any atom is 0.305 e. The second-order valence-corrected chi connectivity index (χ2v) is 9.84. The van der Waals surface area contributed by atoms with Crippen LogP contribution >= 0.6 is 0 Å². The number of hydrogen-bond acceptors (Lipinski definition) is 4. The molecular formula is C31H35N3O3. The zero-order valence-electron chi connectivity index (χ0n) is 21.5. The summed E-state index contributed by atoms with van der Waals surface area (Å²) in [5.74, 6) is 1.00. The zero-order chi connectivity index (χ0) is 25.6. The fourth-order valence-corrected chi connectivity index (χ4v) is 5.11. The molecule has 37 heavy (non-hydrogen) atoms. The molecule has 3 heterocycles. The summed E-state index contributed by atoms with van der Waals surface area (Å²) in [6, 6.07) is 20.5. The molecular weight excluding hydrogens is 462 g/mol. The van der Waals surface area contributed by atoms with Gasteiger partial charge in [-0.05, 0) is 72.7 Å². The van der Waals surface area contributed by atoms with Crippen LogP contribution in [0.5, 0.6) is 5.75 Å². The average molecular weight is 498 g/mol. The van der Waals surface area contributed by atoms with Crippen LogP contribution in [0.3, 0.4) is 0 Å². The number of aryl methyl sites for hydroxylation is 2. The van der Waals surface area contributed by atoms with Crippen LogP contribution in [0.15, 0.2) is 66.9 Å². The minimum atomic E-state index is -0.812. The van der Waals surface area contributed by atoms with Crippen molar-refractivity contribution in [3.8, 4) is 5.75 Å². The molecule has 1 atom stereocenters. The van der Waals surface area contributed by atoms with Crippen LogP contribution < -0.4 is 10.1 Å². The molecule has 6 nitrogen and oxygen atoms in total. The molecule has 5 rings (SSSR count). The van der Waals surface area contributed by atoms with Gasteiger partial charge in [0.25, 0.3) is 0 Å². The fraction of sp³-hybridized carbons (Fsp3) is 0.355. The van der Waals surface area contributed by atoms with E-state index in [9.17, 15) is 9.90 Å². The lowest BCUT2D eigenvalue weighted by molar-refractivity contribution is -0.137. The maximum atomic E-state index is 11.7. The van der Waals surface area contributed by atoms with E-state index in [1.807, 2.05) is 30.5 Å². The lowest BCUT2D eigenvalue weighted by atomic mass is 10.00. The third-order valence-corrected chi connectivity index (χ3v) is 7.16. The Bertz CT molecular complexity index is 1360. The number of carbonyl (C=O) groups is 1. The van der Waals surface area contributed by atoms with Gasteiger partial charge in [0.1, 0.15) is 11.6 Å². The van der Waals surface area contributed by atoms with Crippen LogP contribution in [0.4, 0.5) is 5.82 Å². The fourth-order valence-electron chi connectivity index (χ4n) is 5.11. The van der Waals surface area contributed by atoms with E-state index in [-0.39, 0.29) is 12.5 Å². The topological polar surface area (TPSA) is 76.4 Å². The largest absolute Gasteiger partial charge is 0.493 e. The van der Waals surface area contributed by atoms with Gasteiger partial charge in [0, 0.05) is 35.8 Å². The molecule has 0 saturated carbocycles. The number of carboxylic acids is 1. The van der Waals surface area contributed by atoms with Gasteiger partial charge in [0.05, 0.1) is 19.1 Å². The predicted octanol–water partition coefficient (Wildman–Crippen LogP) is 6.42. The first-order valence-corrected chi connectivity index (χ1v) is 13.4. The molecule has 6 heteroatoms. The van der Waals surface area contributed by atoms with Gasteiger partial charge < -0.3 is 19.7 Å². The number of hydrogen-bond donors (Lipinski definition) is 2. The van der Waals surface area contributed by atoms with Crippen molar-refractivity contribution in [3.05, 3.63) is 89.2 Å². The van der Waals surface area contributed by atoms with Crippen LogP contribution in [0.2, 0.25) is 0 Å². The van der Waals surface area contributed by atoms with E-state index in [4.69, 9.17) is 9.72 Å². The first-order chi connectivity index (χ1) is 18.1. The summed E-state index contributed by atoms with van der Waals surface area (Å²) in [7, 11) is 0. The van der Waals surface area contributed by atoms with Crippen molar-refractivity contribution in [3.63, 3.8) is 0 Å². The number of aromatic nitrogens is 2.